The van der Waals surface area contributed by atoms with Crippen molar-refractivity contribution in [3.05, 3.63) is 60.7 Å². The van der Waals surface area contributed by atoms with Gasteiger partial charge in [-0.2, -0.15) is 0 Å². The fourth-order valence-corrected chi connectivity index (χ4v) is 2.54. The lowest BCUT2D eigenvalue weighted by Crippen LogP contribution is -1.72. The molecule has 19 heavy (non-hydrogen) atoms. The van der Waals surface area contributed by atoms with Crippen LogP contribution in [0.4, 0.5) is 0 Å². The highest BCUT2D eigenvalue weighted by atomic mass is 14.7. The Kier molecular flexibility index (Phi) is 2.96. The van der Waals surface area contributed by atoms with Gasteiger partial charge >= 0.3 is 0 Å². The molecule has 0 spiro atoms. The summed E-state index contributed by atoms with van der Waals surface area (Å²) in [4.78, 5) is 3.47. The molecule has 3 aromatic carbocycles. The van der Waals surface area contributed by atoms with Crippen LogP contribution in [-0.4, -0.2) is 4.98 Å². The highest BCUT2D eigenvalue weighted by molar-refractivity contribution is 6.11. The van der Waals surface area contributed by atoms with E-state index in [-0.39, 0.29) is 0 Å². The van der Waals surface area contributed by atoms with Gasteiger partial charge in [-0.15, -0.1) is 0 Å². The number of benzene rings is 3. The summed E-state index contributed by atoms with van der Waals surface area (Å²) in [6.07, 6.45) is 0. The molecule has 1 heteroatoms. The van der Waals surface area contributed by atoms with E-state index in [4.69, 9.17) is 0 Å². The Morgan fingerprint density at radius 2 is 1.26 bits per heavy atom. The van der Waals surface area contributed by atoms with Crippen LogP contribution in [0, 0.1) is 0 Å². The van der Waals surface area contributed by atoms with Crippen LogP contribution in [0.2, 0.25) is 0 Å². The van der Waals surface area contributed by atoms with E-state index in [0.717, 1.165) is 0 Å². The molecule has 4 rings (SSSR count). The second-order valence-electron chi connectivity index (χ2n) is 4.42. The van der Waals surface area contributed by atoms with Crippen LogP contribution >= 0.6 is 0 Å². The Balaban J connectivity index is 0.000000528. The van der Waals surface area contributed by atoms with Gasteiger partial charge in [0.25, 0.3) is 0 Å². The van der Waals surface area contributed by atoms with Gasteiger partial charge in [-0.3, -0.25) is 0 Å². The second-order valence-corrected chi connectivity index (χ2v) is 4.42. The maximum absolute atomic E-state index is 3.47. The van der Waals surface area contributed by atoms with E-state index in [9.17, 15) is 0 Å². The van der Waals surface area contributed by atoms with Crippen molar-refractivity contribution in [1.82, 2.24) is 4.98 Å². The van der Waals surface area contributed by atoms with Gasteiger partial charge in [0.1, 0.15) is 0 Å². The predicted octanol–water partition coefficient (Wildman–Crippen LogP) is 5.50. The third-order valence-electron chi connectivity index (χ3n) is 3.37. The summed E-state index contributed by atoms with van der Waals surface area (Å²) in [6, 6.07) is 21.4. The van der Waals surface area contributed by atoms with Crippen LogP contribution in [0.1, 0.15) is 13.8 Å². The quantitative estimate of drug-likeness (QED) is 0.422. The zero-order valence-electron chi connectivity index (χ0n) is 11.3. The van der Waals surface area contributed by atoms with Crippen molar-refractivity contribution in [2.24, 2.45) is 0 Å². The molecule has 0 aliphatic carbocycles. The summed E-state index contributed by atoms with van der Waals surface area (Å²) in [7, 11) is 0. The molecule has 0 saturated carbocycles. The number of H-pyrrole nitrogens is 1. The van der Waals surface area contributed by atoms with E-state index in [1.54, 1.807) is 0 Å². The van der Waals surface area contributed by atoms with Gasteiger partial charge in [0.15, 0.2) is 0 Å². The Hall–Kier alpha value is -2.28. The Morgan fingerprint density at radius 3 is 2.05 bits per heavy atom. The minimum atomic E-state index is 1.21. The van der Waals surface area contributed by atoms with Crippen molar-refractivity contribution in [2.75, 3.05) is 0 Å². The number of hydrogen-bond acceptors (Lipinski definition) is 0. The third-order valence-corrected chi connectivity index (χ3v) is 3.37. The zero-order valence-corrected chi connectivity index (χ0v) is 11.3. The minimum Gasteiger partial charge on any atom is -0.354 e. The number of nitrogens with one attached hydrogen (secondary N) is 1. The van der Waals surface area contributed by atoms with Gasteiger partial charge in [0.05, 0.1) is 0 Å². The minimum absolute atomic E-state index is 1.21. The highest BCUT2D eigenvalue weighted by Crippen LogP contribution is 2.28. The fourth-order valence-electron chi connectivity index (χ4n) is 2.54. The Morgan fingerprint density at radius 1 is 0.632 bits per heavy atom. The summed E-state index contributed by atoms with van der Waals surface area (Å²) < 4.78 is 0. The molecule has 94 valence electrons. The number of para-hydroxylation sites is 1. The van der Waals surface area contributed by atoms with Gasteiger partial charge in [0.2, 0.25) is 0 Å². The molecule has 0 unspecified atom stereocenters. The number of fused-ring (bicyclic) bond motifs is 4. The smallest absolute Gasteiger partial charge is 0.0471 e. The molecule has 0 radical (unpaired) electrons. The molecular weight excluding hydrogens is 230 g/mol. The molecule has 0 bridgehead atoms. The predicted molar refractivity (Wildman–Crippen MR) is 84.7 cm³/mol. The molecule has 0 atom stereocenters. The Labute approximate surface area is 112 Å². The average molecular weight is 247 g/mol. The zero-order chi connectivity index (χ0) is 13.2. The number of rotatable bonds is 0. The number of hydrogen-bond donors (Lipinski definition) is 1. The fraction of sp³-hybridized carbons (Fsp3) is 0.111. The molecule has 4 aromatic rings. The van der Waals surface area contributed by atoms with E-state index < -0.39 is 0 Å². The number of aromatic amines is 1. The summed E-state index contributed by atoms with van der Waals surface area (Å²) in [5, 5.41) is 5.18. The van der Waals surface area contributed by atoms with E-state index in [1.807, 2.05) is 13.8 Å². The third kappa shape index (κ3) is 1.88. The topological polar surface area (TPSA) is 15.8 Å². The molecule has 0 aliphatic heterocycles. The van der Waals surface area contributed by atoms with Gasteiger partial charge in [-0.05, 0) is 29.0 Å². The monoisotopic (exact) mass is 247 g/mol. The second kappa shape index (κ2) is 4.77. The summed E-state index contributed by atoms with van der Waals surface area (Å²) in [5.41, 5.74) is 2.42. The molecule has 1 heterocycles. The first-order valence-corrected chi connectivity index (χ1v) is 6.81. The first-order valence-electron chi connectivity index (χ1n) is 6.81. The summed E-state index contributed by atoms with van der Waals surface area (Å²) in [6.45, 7) is 4.00. The first kappa shape index (κ1) is 11.8. The largest absolute Gasteiger partial charge is 0.354 e. The lowest BCUT2D eigenvalue weighted by atomic mass is 10.1. The van der Waals surface area contributed by atoms with E-state index in [2.05, 4.69) is 65.6 Å². The van der Waals surface area contributed by atoms with Crippen molar-refractivity contribution >= 4 is 32.6 Å². The van der Waals surface area contributed by atoms with Crippen molar-refractivity contribution in [3.8, 4) is 0 Å². The molecule has 0 saturated heterocycles. The van der Waals surface area contributed by atoms with Crippen molar-refractivity contribution in [2.45, 2.75) is 13.8 Å². The summed E-state index contributed by atoms with van der Waals surface area (Å²) >= 11 is 0. The molecule has 0 fully saturated rings. The van der Waals surface area contributed by atoms with Crippen LogP contribution in [-0.2, 0) is 0 Å². The summed E-state index contributed by atoms with van der Waals surface area (Å²) in [5.74, 6) is 0. The van der Waals surface area contributed by atoms with Gasteiger partial charge in [-0.1, -0.05) is 56.3 Å². The van der Waals surface area contributed by atoms with Gasteiger partial charge in [-0.25, -0.2) is 0 Å². The normalized spacial score (nSPS) is 10.6. The van der Waals surface area contributed by atoms with Crippen LogP contribution < -0.4 is 0 Å². The molecule has 1 nitrogen and oxygen atoms in total. The van der Waals surface area contributed by atoms with E-state index in [0.29, 0.717) is 0 Å². The number of aromatic nitrogens is 1. The maximum atomic E-state index is 3.47. The first-order chi connectivity index (χ1) is 9.42. The van der Waals surface area contributed by atoms with E-state index in [1.165, 1.54) is 32.6 Å². The van der Waals surface area contributed by atoms with E-state index >= 15 is 0 Å². The van der Waals surface area contributed by atoms with Crippen LogP contribution in [0.25, 0.3) is 32.6 Å². The molecule has 1 N–H and O–H groups in total. The average Bonchev–Trinajstić information content (AvgIpc) is 2.84. The van der Waals surface area contributed by atoms with Crippen LogP contribution in [0.5, 0.6) is 0 Å². The lowest BCUT2D eigenvalue weighted by molar-refractivity contribution is 1.50. The Bertz CT molecular complexity index is 834. The van der Waals surface area contributed by atoms with Gasteiger partial charge in [0, 0.05) is 21.8 Å². The van der Waals surface area contributed by atoms with Gasteiger partial charge < -0.3 is 4.98 Å². The SMILES string of the molecule is CC.c1ccc2cc3c(cc2c1)[nH]c1ccccc13. The van der Waals surface area contributed by atoms with Crippen LogP contribution in [0.15, 0.2) is 60.7 Å². The van der Waals surface area contributed by atoms with Crippen LogP contribution in [0.3, 0.4) is 0 Å². The van der Waals surface area contributed by atoms with Crippen molar-refractivity contribution in [1.29, 1.82) is 0 Å². The van der Waals surface area contributed by atoms with Crippen molar-refractivity contribution < 1.29 is 0 Å². The highest BCUT2D eigenvalue weighted by Gasteiger charge is 2.04. The molecular formula is C18H17N. The molecule has 0 aliphatic rings. The molecule has 0 amide bonds. The standard InChI is InChI=1S/C16H11N.C2H6/c1-2-6-12-10-16-14(9-11(12)5-1)13-7-3-4-8-15(13)17-16;1-2/h1-10,17H;1-2H3. The molecule has 1 aromatic heterocycles. The maximum Gasteiger partial charge on any atom is 0.0471 e. The lowest BCUT2D eigenvalue weighted by Gasteiger charge is -1.97. The van der Waals surface area contributed by atoms with Crippen molar-refractivity contribution in [3.63, 3.8) is 0 Å².